The summed E-state index contributed by atoms with van der Waals surface area (Å²) < 4.78 is 1.78. The third-order valence-electron chi connectivity index (χ3n) is 8.09. The molecule has 1 fully saturated rings. The summed E-state index contributed by atoms with van der Waals surface area (Å²) in [7, 11) is 0. The zero-order valence-electron chi connectivity index (χ0n) is 22.8. The smallest absolute Gasteiger partial charge is 0.407 e. The van der Waals surface area contributed by atoms with Gasteiger partial charge in [-0.05, 0) is 37.8 Å². The van der Waals surface area contributed by atoms with Gasteiger partial charge in [0, 0.05) is 36.8 Å². The van der Waals surface area contributed by atoms with Gasteiger partial charge in [0.2, 0.25) is 0 Å². The van der Waals surface area contributed by atoms with Crippen molar-refractivity contribution in [3.8, 4) is 0 Å². The standard InChI is InChI=1S/C28H35ClN6O3/c1-16-24(29)18(3)35-25(30-16)21-13-33(14-22(21)31-35)26(36)20-10-8-7-9-19(20)17(2)32-11-12-34(27(37)38)23(15-32)28(4,5)6/h7-10,17,23H,11-15H2,1-6H3,(H,37,38). The van der Waals surface area contributed by atoms with Crippen molar-refractivity contribution in [2.75, 3.05) is 19.6 Å². The quantitative estimate of drug-likeness (QED) is 0.508. The molecular weight excluding hydrogens is 504 g/mol. The van der Waals surface area contributed by atoms with Crippen LogP contribution in [0.4, 0.5) is 4.79 Å². The molecule has 4 heterocycles. The van der Waals surface area contributed by atoms with Gasteiger partial charge in [0.15, 0.2) is 5.65 Å². The van der Waals surface area contributed by atoms with E-state index in [-0.39, 0.29) is 23.4 Å². The van der Waals surface area contributed by atoms with Crippen molar-refractivity contribution < 1.29 is 14.7 Å². The third-order valence-corrected chi connectivity index (χ3v) is 8.64. The van der Waals surface area contributed by atoms with Crippen molar-refractivity contribution in [3.05, 3.63) is 63.1 Å². The number of piperazine rings is 1. The minimum Gasteiger partial charge on any atom is -0.465 e. The molecule has 2 aromatic heterocycles. The summed E-state index contributed by atoms with van der Waals surface area (Å²) in [4.78, 5) is 36.1. The second-order valence-corrected chi connectivity index (χ2v) is 11.9. The van der Waals surface area contributed by atoms with Crippen molar-refractivity contribution in [2.24, 2.45) is 5.41 Å². The average molecular weight is 539 g/mol. The second kappa shape index (κ2) is 9.54. The highest BCUT2D eigenvalue weighted by Gasteiger charge is 2.40. The van der Waals surface area contributed by atoms with Gasteiger partial charge in [-0.15, -0.1) is 0 Å². The van der Waals surface area contributed by atoms with Crippen LogP contribution in [-0.2, 0) is 13.1 Å². The van der Waals surface area contributed by atoms with Gasteiger partial charge in [-0.3, -0.25) is 9.69 Å². The third kappa shape index (κ3) is 4.41. The van der Waals surface area contributed by atoms with E-state index < -0.39 is 6.09 Å². The first-order chi connectivity index (χ1) is 17.9. The Morgan fingerprint density at radius 1 is 1.13 bits per heavy atom. The summed E-state index contributed by atoms with van der Waals surface area (Å²) in [5.41, 5.74) is 5.56. The molecule has 1 N–H and O–H groups in total. The highest BCUT2D eigenvalue weighted by atomic mass is 35.5. The van der Waals surface area contributed by atoms with Crippen LogP contribution in [0.3, 0.4) is 0 Å². The summed E-state index contributed by atoms with van der Waals surface area (Å²) in [6.07, 6.45) is -0.880. The van der Waals surface area contributed by atoms with Crippen LogP contribution in [0.5, 0.6) is 0 Å². The van der Waals surface area contributed by atoms with Crippen LogP contribution in [0.25, 0.3) is 5.65 Å². The van der Waals surface area contributed by atoms with E-state index in [9.17, 15) is 14.7 Å². The molecule has 2 amide bonds. The summed E-state index contributed by atoms with van der Waals surface area (Å²) in [5.74, 6) is -0.0393. The molecule has 3 aromatic rings. The van der Waals surface area contributed by atoms with E-state index in [0.29, 0.717) is 43.3 Å². The highest BCUT2D eigenvalue weighted by Crippen LogP contribution is 2.34. The summed E-state index contributed by atoms with van der Waals surface area (Å²) in [5, 5.41) is 15.1. The number of rotatable bonds is 3. The molecule has 2 aliphatic rings. The van der Waals surface area contributed by atoms with Crippen LogP contribution in [0.15, 0.2) is 24.3 Å². The maximum absolute atomic E-state index is 13.9. The van der Waals surface area contributed by atoms with Crippen LogP contribution in [-0.4, -0.2) is 72.1 Å². The molecule has 0 spiro atoms. The molecule has 0 aliphatic carbocycles. The van der Waals surface area contributed by atoms with Crippen molar-refractivity contribution in [1.29, 1.82) is 0 Å². The molecule has 9 nitrogen and oxygen atoms in total. The number of benzene rings is 1. The van der Waals surface area contributed by atoms with Crippen LogP contribution in [0.1, 0.15) is 72.3 Å². The fourth-order valence-corrected chi connectivity index (χ4v) is 5.93. The summed E-state index contributed by atoms with van der Waals surface area (Å²) >= 11 is 6.38. The first-order valence-corrected chi connectivity index (χ1v) is 13.4. The number of carbonyl (C=O) groups is 2. The molecule has 0 bridgehead atoms. The molecule has 0 saturated carbocycles. The van der Waals surface area contributed by atoms with E-state index in [1.54, 1.807) is 9.42 Å². The number of hydrogen-bond donors (Lipinski definition) is 1. The Morgan fingerprint density at radius 3 is 2.53 bits per heavy atom. The first-order valence-electron chi connectivity index (χ1n) is 13.0. The van der Waals surface area contributed by atoms with Crippen molar-refractivity contribution in [1.82, 2.24) is 29.3 Å². The van der Waals surface area contributed by atoms with Gasteiger partial charge < -0.3 is 14.9 Å². The molecule has 2 aliphatic heterocycles. The number of nitrogens with zero attached hydrogens (tertiary/aromatic N) is 6. The Balaban J connectivity index is 1.40. The number of fused-ring (bicyclic) bond motifs is 3. The molecule has 1 saturated heterocycles. The Morgan fingerprint density at radius 2 is 1.84 bits per heavy atom. The molecule has 38 heavy (non-hydrogen) atoms. The summed E-state index contributed by atoms with van der Waals surface area (Å²) in [6.45, 7) is 14.7. The molecule has 2 atom stereocenters. The van der Waals surface area contributed by atoms with Crippen molar-refractivity contribution in [2.45, 2.75) is 66.7 Å². The maximum Gasteiger partial charge on any atom is 0.407 e. The lowest BCUT2D eigenvalue weighted by molar-refractivity contribution is 0.00804. The molecular formula is C28H35ClN6O3. The lowest BCUT2D eigenvalue weighted by atomic mass is 9.83. The van der Waals surface area contributed by atoms with E-state index in [4.69, 9.17) is 16.7 Å². The fraction of sp³-hybridized carbons (Fsp3) is 0.500. The van der Waals surface area contributed by atoms with Crippen molar-refractivity contribution in [3.63, 3.8) is 0 Å². The predicted octanol–water partition coefficient (Wildman–Crippen LogP) is 4.93. The normalized spacial score (nSPS) is 19.2. The number of halogens is 1. The van der Waals surface area contributed by atoms with Crippen LogP contribution in [0.2, 0.25) is 5.02 Å². The minimum absolute atomic E-state index is 0.0393. The Bertz CT molecular complexity index is 1430. The maximum atomic E-state index is 13.9. The molecule has 202 valence electrons. The largest absolute Gasteiger partial charge is 0.465 e. The van der Waals surface area contributed by atoms with E-state index in [2.05, 4.69) is 37.6 Å². The van der Waals surface area contributed by atoms with Gasteiger partial charge >= 0.3 is 6.09 Å². The fourth-order valence-electron chi connectivity index (χ4n) is 5.81. The van der Waals surface area contributed by atoms with Gasteiger partial charge in [0.25, 0.3) is 5.91 Å². The van der Waals surface area contributed by atoms with Crippen molar-refractivity contribution >= 4 is 29.2 Å². The molecule has 10 heteroatoms. The van der Waals surface area contributed by atoms with E-state index in [1.807, 2.05) is 43.0 Å². The molecule has 1 aromatic carbocycles. The molecule has 5 rings (SSSR count). The number of aryl methyl sites for hydroxylation is 2. The van der Waals surface area contributed by atoms with Crippen LogP contribution >= 0.6 is 11.6 Å². The first kappa shape index (κ1) is 26.4. The number of amides is 2. The van der Waals surface area contributed by atoms with Gasteiger partial charge in [-0.2, -0.15) is 5.10 Å². The van der Waals surface area contributed by atoms with Gasteiger partial charge in [0.1, 0.15) is 0 Å². The lowest BCUT2D eigenvalue weighted by Crippen LogP contribution is -2.59. The minimum atomic E-state index is -0.880. The lowest BCUT2D eigenvalue weighted by Gasteiger charge is -2.47. The number of aromatic nitrogens is 3. The predicted molar refractivity (Wildman–Crippen MR) is 145 cm³/mol. The molecule has 2 unspecified atom stereocenters. The van der Waals surface area contributed by atoms with Crippen LogP contribution < -0.4 is 0 Å². The van der Waals surface area contributed by atoms with Gasteiger partial charge in [-0.1, -0.05) is 50.6 Å². The van der Waals surface area contributed by atoms with E-state index in [1.165, 1.54) is 0 Å². The molecule has 0 radical (unpaired) electrons. The Kier molecular flexibility index (Phi) is 6.64. The topological polar surface area (TPSA) is 94.3 Å². The average Bonchev–Trinajstić information content (AvgIpc) is 3.44. The number of carboxylic acid groups (broad SMARTS) is 1. The second-order valence-electron chi connectivity index (χ2n) is 11.5. The zero-order valence-corrected chi connectivity index (χ0v) is 23.6. The van der Waals surface area contributed by atoms with Crippen LogP contribution in [0, 0.1) is 19.3 Å². The number of hydrogen-bond acceptors (Lipinski definition) is 5. The SMILES string of the molecule is Cc1nc2c3c(nn2c(C)c1Cl)CN(C(=O)c1ccccc1C(C)N1CCN(C(=O)O)C(C(C)(C)C)C1)C3. The van der Waals surface area contributed by atoms with Gasteiger partial charge in [-0.25, -0.2) is 14.3 Å². The summed E-state index contributed by atoms with van der Waals surface area (Å²) in [6, 6.07) is 7.56. The van der Waals surface area contributed by atoms with Gasteiger partial charge in [0.05, 0.1) is 41.2 Å². The van der Waals surface area contributed by atoms with E-state index >= 15 is 0 Å². The Hall–Kier alpha value is -3.17. The van der Waals surface area contributed by atoms with E-state index in [0.717, 1.165) is 33.9 Å². The number of carbonyl (C=O) groups excluding carboxylic acids is 1. The Labute approximate surface area is 228 Å². The highest BCUT2D eigenvalue weighted by molar-refractivity contribution is 6.31. The zero-order chi connectivity index (χ0) is 27.5. The monoisotopic (exact) mass is 538 g/mol.